The van der Waals surface area contributed by atoms with Gasteiger partial charge in [0.2, 0.25) is 0 Å². The zero-order chi connectivity index (χ0) is 35.4. The van der Waals surface area contributed by atoms with E-state index < -0.39 is 39.8 Å². The second-order valence-corrected chi connectivity index (χ2v) is 19.4. The molecule has 0 aliphatic carbocycles. The molecule has 2 atom stereocenters. The van der Waals surface area contributed by atoms with Crippen LogP contribution >= 0.6 is 7.82 Å². The normalized spacial score (nSPS) is 14.1. The van der Waals surface area contributed by atoms with Crippen molar-refractivity contribution in [2.45, 2.75) is 227 Å². The van der Waals surface area contributed by atoms with Gasteiger partial charge in [-0.25, -0.2) is 0 Å². The van der Waals surface area contributed by atoms with Crippen LogP contribution in [0.1, 0.15) is 206 Å². The third-order valence-electron chi connectivity index (χ3n) is 8.98. The molecule has 48 heavy (non-hydrogen) atoms. The fourth-order valence-electron chi connectivity index (χ4n) is 5.93. The Kier molecular flexibility index (Phi) is 37.2. The van der Waals surface area contributed by atoms with E-state index in [4.69, 9.17) is 4.52 Å². The average molecular weight is 795 g/mol. The van der Waals surface area contributed by atoms with E-state index in [1.165, 1.54) is 154 Å². The molecule has 1 N–H and O–H groups in total. The van der Waals surface area contributed by atoms with Crippen LogP contribution in [0, 0.1) is 0 Å². The summed E-state index contributed by atoms with van der Waals surface area (Å²) in [6.45, 7) is 4.10. The van der Waals surface area contributed by atoms with Gasteiger partial charge in [-0.05, 0) is 0 Å². The van der Waals surface area contributed by atoms with E-state index in [-0.39, 0.29) is 18.4 Å². The Labute approximate surface area is 305 Å². The number of phosphoric ester groups is 1. The third-order valence-corrected chi connectivity index (χ3v) is 14.3. The smallest absolute Gasteiger partial charge is 0.0654 e. The average Bonchev–Trinajstić information content (AvgIpc) is 3.06. The molecule has 0 aliphatic heterocycles. The number of carbonyl (C=O) groups is 1. The van der Waals surface area contributed by atoms with Gasteiger partial charge in [0.1, 0.15) is 0 Å². The molecule has 0 saturated heterocycles. The number of phosphoric acid groups is 1. The molecule has 0 spiro atoms. The first-order valence-electron chi connectivity index (χ1n) is 19.9. The molecular weight excluding hydrogens is 717 g/mol. The molecule has 0 aromatic carbocycles. The van der Waals surface area contributed by atoms with Crippen molar-refractivity contribution in [3.8, 4) is 0 Å². The molecule has 0 amide bonds. The van der Waals surface area contributed by atoms with E-state index in [1.54, 1.807) is 0 Å². The summed E-state index contributed by atoms with van der Waals surface area (Å²) in [4.78, 5) is 19.6. The zero-order valence-electron chi connectivity index (χ0n) is 31.2. The van der Waals surface area contributed by atoms with Gasteiger partial charge in [-0.15, -0.1) is 0 Å². The van der Waals surface area contributed by atoms with E-state index in [2.05, 4.69) is 18.4 Å². The first-order chi connectivity index (χ1) is 23.4. The van der Waals surface area contributed by atoms with Crippen LogP contribution in [0.3, 0.4) is 0 Å². The molecule has 10 heteroatoms. The van der Waals surface area contributed by atoms with Crippen molar-refractivity contribution < 1.29 is 58.2 Å². The summed E-state index contributed by atoms with van der Waals surface area (Å²) in [7, 11) is -4.54. The Balaban J connectivity index is 4.09. The monoisotopic (exact) mass is 794 g/mol. The number of carbonyl (C=O) groups excluding carboxylic acids is 1. The van der Waals surface area contributed by atoms with Crippen molar-refractivity contribution >= 4 is 14.3 Å². The van der Waals surface area contributed by atoms with Crippen LogP contribution in [0.4, 0.5) is 0 Å². The van der Waals surface area contributed by atoms with Gasteiger partial charge in [-0.1, -0.05) is 65.2 Å². The maximum atomic E-state index is 13.2. The number of rotatable bonds is 40. The van der Waals surface area contributed by atoms with Crippen molar-refractivity contribution in [3.63, 3.8) is 0 Å². The summed E-state index contributed by atoms with van der Waals surface area (Å²) >= 11 is -3.29. The van der Waals surface area contributed by atoms with Crippen LogP contribution in [-0.4, -0.2) is 18.0 Å². The topological polar surface area (TPSA) is 107 Å². The van der Waals surface area contributed by atoms with Gasteiger partial charge in [-0.2, -0.15) is 0 Å². The Hall–Kier alpha value is 0.233. The van der Waals surface area contributed by atoms with Gasteiger partial charge in [0.25, 0.3) is 0 Å². The molecule has 0 aromatic rings. The molecule has 0 bridgehead atoms. The quantitative estimate of drug-likeness (QED) is 0.0374. The van der Waals surface area contributed by atoms with Crippen molar-refractivity contribution in [2.24, 2.45) is 0 Å². The molecule has 0 fully saturated rings. The van der Waals surface area contributed by atoms with E-state index in [0.717, 1.165) is 38.5 Å². The van der Waals surface area contributed by atoms with Gasteiger partial charge >= 0.3 is 241 Å². The summed E-state index contributed by atoms with van der Waals surface area (Å²) in [5.74, 6) is 0. The Morgan fingerprint density at radius 2 is 0.854 bits per heavy atom. The SMILES string of the molecule is CCCCCCCCCCCCCCCC[CH2][Co](=[O])[CH2][CH](COP(=O)(O)OC=O)[Co](=[O])[CH2]CCCCCCCCCCCCCCCC. The van der Waals surface area contributed by atoms with Crippen LogP contribution in [0.2, 0.25) is 20.9 Å². The summed E-state index contributed by atoms with van der Waals surface area (Å²) < 4.78 is 47.0. The minimum atomic E-state index is -4.54. The number of unbranched alkanes of at least 4 members (excludes halogenated alkanes) is 28. The summed E-state index contributed by atoms with van der Waals surface area (Å²) in [5, 5.41) is 1.27. The van der Waals surface area contributed by atoms with E-state index in [0.29, 0.717) is 10.7 Å². The molecule has 294 valence electrons. The number of hydrogen-bond acceptors (Lipinski definition) is 6. The molecule has 0 heterocycles. The van der Waals surface area contributed by atoms with Crippen LogP contribution < -0.4 is 0 Å². The standard InChI is InChI=1S/2C17H35.C4H7O5P.2Co.2O/c2*1-3-5-7-9-11-13-15-17-16-14-12-10-8-6-4-2;1-2-3-8-10(6,7)9-4-5;;;;/h2*1,3-17H2,2H3;2,4H,1,3H2,(H,6,7);;;;. The van der Waals surface area contributed by atoms with Gasteiger partial charge in [0.05, 0.1) is 0 Å². The molecule has 0 radical (unpaired) electrons. The predicted octanol–water partition coefficient (Wildman–Crippen LogP) is 14.0. The van der Waals surface area contributed by atoms with E-state index in [1.807, 2.05) is 0 Å². The van der Waals surface area contributed by atoms with Gasteiger partial charge in [0, 0.05) is 0 Å². The minimum Gasteiger partial charge on any atom is -0.0654 e. The fourth-order valence-corrected chi connectivity index (χ4v) is 10.9. The van der Waals surface area contributed by atoms with Crippen LogP contribution in [0.5, 0.6) is 0 Å². The Morgan fingerprint density at radius 1 is 0.542 bits per heavy atom. The molecule has 0 aromatic heterocycles. The summed E-state index contributed by atoms with van der Waals surface area (Å²) in [5.41, 5.74) is 0. The molecule has 7 nitrogen and oxygen atoms in total. The molecular formula is C38H77Co2O7P. The Morgan fingerprint density at radius 3 is 1.19 bits per heavy atom. The van der Waals surface area contributed by atoms with Gasteiger partial charge < -0.3 is 0 Å². The zero-order valence-corrected chi connectivity index (χ0v) is 34.2. The summed E-state index contributed by atoms with van der Waals surface area (Å²) in [6.07, 6.45) is 38.1. The van der Waals surface area contributed by atoms with Crippen LogP contribution in [-0.2, 0) is 53.3 Å². The summed E-state index contributed by atoms with van der Waals surface area (Å²) in [6, 6.07) is 0. The molecule has 2 unspecified atom stereocenters. The predicted molar refractivity (Wildman–Crippen MR) is 192 cm³/mol. The Bertz CT molecular complexity index is 799. The number of hydrogen-bond donors (Lipinski definition) is 1. The first-order valence-corrected chi connectivity index (χ1v) is 25.1. The second kappa shape index (κ2) is 37.0. The molecule has 0 rings (SSSR count). The fraction of sp³-hybridized carbons (Fsp3) is 0.974. The van der Waals surface area contributed by atoms with Crippen molar-refractivity contribution in [1.82, 2.24) is 0 Å². The third kappa shape index (κ3) is 34.7. The minimum absolute atomic E-state index is 0.123. The van der Waals surface area contributed by atoms with E-state index in [9.17, 15) is 22.0 Å². The van der Waals surface area contributed by atoms with Crippen molar-refractivity contribution in [1.29, 1.82) is 0 Å². The van der Waals surface area contributed by atoms with Crippen LogP contribution in [0.25, 0.3) is 0 Å². The van der Waals surface area contributed by atoms with E-state index >= 15 is 0 Å². The first kappa shape index (κ1) is 48.2. The van der Waals surface area contributed by atoms with Crippen molar-refractivity contribution in [2.75, 3.05) is 6.61 Å². The second-order valence-electron chi connectivity index (χ2n) is 13.6. The van der Waals surface area contributed by atoms with Gasteiger partial charge in [0.15, 0.2) is 0 Å². The molecule has 0 saturated carbocycles. The van der Waals surface area contributed by atoms with Gasteiger partial charge in [-0.3, -0.25) is 0 Å². The molecule has 0 aliphatic rings. The van der Waals surface area contributed by atoms with Crippen molar-refractivity contribution in [3.05, 3.63) is 0 Å². The van der Waals surface area contributed by atoms with Crippen LogP contribution in [0.15, 0.2) is 0 Å². The maximum absolute atomic E-state index is 13.2.